The lowest BCUT2D eigenvalue weighted by Gasteiger charge is -2.39. The van der Waals surface area contributed by atoms with Crippen LogP contribution >= 0.6 is 0 Å². The Kier molecular flexibility index (Phi) is 6.76. The second-order valence-electron chi connectivity index (χ2n) is 9.07. The Morgan fingerprint density at radius 2 is 1.86 bits per heavy atom. The van der Waals surface area contributed by atoms with E-state index in [2.05, 4.69) is 5.32 Å². The molecule has 0 spiro atoms. The van der Waals surface area contributed by atoms with Crippen LogP contribution in [0.3, 0.4) is 0 Å². The average molecular weight is 503 g/mol. The minimum atomic E-state index is -0.219. The van der Waals surface area contributed by atoms with Crippen LogP contribution in [-0.2, 0) is 6.54 Å². The number of hydrogen-bond donors (Lipinski definition) is 1. The number of carbonyl (C=O) groups is 2. The maximum atomic E-state index is 13.7. The number of hydrogen-bond acceptors (Lipinski definition) is 5. The molecule has 9 nitrogen and oxygen atoms in total. The molecule has 37 heavy (non-hydrogen) atoms. The van der Waals surface area contributed by atoms with Crippen molar-refractivity contribution in [1.29, 1.82) is 0 Å². The van der Waals surface area contributed by atoms with E-state index in [0.29, 0.717) is 49.0 Å². The number of methoxy groups -OCH3 is 2. The summed E-state index contributed by atoms with van der Waals surface area (Å²) in [5.41, 5.74) is 2.80. The minimum Gasteiger partial charge on any atom is -0.497 e. The van der Waals surface area contributed by atoms with Crippen molar-refractivity contribution in [3.8, 4) is 11.5 Å². The molecule has 1 saturated heterocycles. The maximum absolute atomic E-state index is 13.7. The van der Waals surface area contributed by atoms with Gasteiger partial charge < -0.3 is 33.6 Å². The van der Waals surface area contributed by atoms with Crippen LogP contribution in [0.1, 0.15) is 23.0 Å². The third kappa shape index (κ3) is 4.84. The quantitative estimate of drug-likeness (QED) is 0.414. The molecule has 0 bridgehead atoms. The highest BCUT2D eigenvalue weighted by atomic mass is 16.5. The molecule has 2 aromatic heterocycles. The number of amides is 3. The smallest absolute Gasteiger partial charge is 0.322 e. The van der Waals surface area contributed by atoms with E-state index in [9.17, 15) is 9.59 Å². The van der Waals surface area contributed by atoms with Gasteiger partial charge in [-0.1, -0.05) is 24.3 Å². The molecule has 1 atom stereocenters. The number of fused-ring (bicyclic) bond motifs is 1. The van der Waals surface area contributed by atoms with Crippen molar-refractivity contribution in [2.24, 2.45) is 0 Å². The predicted molar refractivity (Wildman–Crippen MR) is 140 cm³/mol. The van der Waals surface area contributed by atoms with Crippen LogP contribution in [0.4, 0.5) is 10.5 Å². The first-order valence-corrected chi connectivity index (χ1v) is 12.2. The number of piperazine rings is 1. The molecule has 9 heteroatoms. The Bertz CT molecular complexity index is 1420. The van der Waals surface area contributed by atoms with E-state index in [1.165, 1.54) is 0 Å². The fourth-order valence-electron chi connectivity index (χ4n) is 4.80. The lowest BCUT2D eigenvalue weighted by atomic mass is 10.1. The summed E-state index contributed by atoms with van der Waals surface area (Å²) in [7, 11) is 3.20. The van der Waals surface area contributed by atoms with Gasteiger partial charge in [0.15, 0.2) is 0 Å². The van der Waals surface area contributed by atoms with Crippen molar-refractivity contribution in [1.82, 2.24) is 14.4 Å². The van der Waals surface area contributed by atoms with Gasteiger partial charge in [-0.25, -0.2) is 4.79 Å². The van der Waals surface area contributed by atoms with Gasteiger partial charge in [0.05, 0.1) is 32.7 Å². The van der Waals surface area contributed by atoms with Crippen LogP contribution in [-0.4, -0.2) is 66.2 Å². The zero-order valence-corrected chi connectivity index (χ0v) is 21.1. The Morgan fingerprint density at radius 3 is 2.65 bits per heavy atom. The molecule has 0 radical (unpaired) electrons. The summed E-state index contributed by atoms with van der Waals surface area (Å²) in [6.45, 7) is 3.67. The number of carbonyl (C=O) groups excluding carboxylic acids is 2. The van der Waals surface area contributed by atoms with Gasteiger partial charge in [0.25, 0.3) is 5.91 Å². The highest BCUT2D eigenvalue weighted by Gasteiger charge is 2.32. The third-order valence-corrected chi connectivity index (χ3v) is 6.72. The van der Waals surface area contributed by atoms with E-state index in [1.807, 2.05) is 60.0 Å². The summed E-state index contributed by atoms with van der Waals surface area (Å²) in [6, 6.07) is 18.4. The molecule has 0 aliphatic carbocycles. The number of aromatic nitrogens is 1. The number of anilines is 1. The first-order valence-electron chi connectivity index (χ1n) is 12.2. The summed E-state index contributed by atoms with van der Waals surface area (Å²) < 4.78 is 18.3. The number of nitrogens with zero attached hydrogens (tertiary/aromatic N) is 3. The third-order valence-electron chi connectivity index (χ3n) is 6.72. The van der Waals surface area contributed by atoms with Crippen molar-refractivity contribution in [2.75, 3.05) is 39.2 Å². The van der Waals surface area contributed by atoms with Gasteiger partial charge in [0, 0.05) is 31.1 Å². The van der Waals surface area contributed by atoms with E-state index in [0.717, 1.165) is 16.7 Å². The summed E-state index contributed by atoms with van der Waals surface area (Å²) in [4.78, 5) is 30.3. The van der Waals surface area contributed by atoms with Crippen LogP contribution in [0.2, 0.25) is 0 Å². The number of ether oxygens (including phenoxy) is 2. The minimum absolute atomic E-state index is 0.0917. The zero-order valence-electron chi connectivity index (χ0n) is 21.1. The molecule has 1 N–H and O–H groups in total. The molecule has 192 valence electrons. The Hall–Kier alpha value is -4.40. The average Bonchev–Trinajstić information content (AvgIpc) is 3.51. The normalized spacial score (nSPS) is 15.6. The molecule has 3 heterocycles. The standard InChI is InChI=1S/C28H30N4O5/c1-19-17-30(12-13-31(19)28(34)29-23-9-4-5-10-25(23)36-3)26(33)24-16-21-11-14-37-27(21)32(24)18-20-7-6-8-22(15-20)35-2/h4-11,14-16,19H,12-13,17-18H2,1-3H3,(H,29,34)/t19-/m1/s1. The number of para-hydroxylation sites is 2. The molecular formula is C28H30N4O5. The zero-order chi connectivity index (χ0) is 25.9. The van der Waals surface area contributed by atoms with Crippen molar-refractivity contribution in [3.05, 3.63) is 78.2 Å². The highest BCUT2D eigenvalue weighted by Crippen LogP contribution is 2.27. The topological polar surface area (TPSA) is 89.2 Å². The Morgan fingerprint density at radius 1 is 1.03 bits per heavy atom. The van der Waals surface area contributed by atoms with Crippen LogP contribution < -0.4 is 14.8 Å². The Labute approximate surface area is 215 Å². The van der Waals surface area contributed by atoms with Crippen LogP contribution in [0.5, 0.6) is 11.5 Å². The van der Waals surface area contributed by atoms with E-state index in [-0.39, 0.29) is 18.0 Å². The molecule has 1 aliphatic rings. The monoisotopic (exact) mass is 502 g/mol. The van der Waals surface area contributed by atoms with Crippen molar-refractivity contribution < 1.29 is 23.5 Å². The van der Waals surface area contributed by atoms with Gasteiger partial charge in [0.1, 0.15) is 17.2 Å². The van der Waals surface area contributed by atoms with E-state index < -0.39 is 0 Å². The number of nitrogens with one attached hydrogen (secondary N) is 1. The summed E-state index contributed by atoms with van der Waals surface area (Å²) in [5.74, 6) is 1.26. The second-order valence-corrected chi connectivity index (χ2v) is 9.07. The number of benzene rings is 2. The highest BCUT2D eigenvalue weighted by molar-refractivity contribution is 5.98. The van der Waals surface area contributed by atoms with Gasteiger partial charge in [-0.05, 0) is 48.9 Å². The maximum Gasteiger partial charge on any atom is 0.322 e. The van der Waals surface area contributed by atoms with Crippen molar-refractivity contribution in [3.63, 3.8) is 0 Å². The molecule has 2 aromatic carbocycles. The summed E-state index contributed by atoms with van der Waals surface area (Å²) in [5, 5.41) is 3.80. The van der Waals surface area contributed by atoms with Gasteiger partial charge >= 0.3 is 6.03 Å². The molecule has 5 rings (SSSR count). The van der Waals surface area contributed by atoms with Crippen LogP contribution in [0.25, 0.3) is 11.1 Å². The van der Waals surface area contributed by atoms with Gasteiger partial charge in [-0.2, -0.15) is 0 Å². The number of urea groups is 1. The molecule has 1 fully saturated rings. The molecule has 0 unspecified atom stereocenters. The van der Waals surface area contributed by atoms with Gasteiger partial charge in [-0.15, -0.1) is 0 Å². The number of rotatable bonds is 6. The predicted octanol–water partition coefficient (Wildman–Crippen LogP) is 4.68. The van der Waals surface area contributed by atoms with E-state index in [1.54, 1.807) is 42.4 Å². The van der Waals surface area contributed by atoms with Crippen LogP contribution in [0.15, 0.2) is 71.3 Å². The molecule has 3 amide bonds. The lowest BCUT2D eigenvalue weighted by molar-refractivity contribution is 0.0582. The molecule has 1 aliphatic heterocycles. The van der Waals surface area contributed by atoms with Gasteiger partial charge in [0.2, 0.25) is 5.71 Å². The molecule has 0 saturated carbocycles. The Balaban J connectivity index is 1.32. The summed E-state index contributed by atoms with van der Waals surface area (Å²) in [6.07, 6.45) is 1.63. The fraction of sp³-hybridized carbons (Fsp3) is 0.286. The first-order chi connectivity index (χ1) is 18.0. The van der Waals surface area contributed by atoms with E-state index >= 15 is 0 Å². The fourth-order valence-corrected chi connectivity index (χ4v) is 4.80. The molecule has 4 aromatic rings. The van der Waals surface area contributed by atoms with Gasteiger partial charge in [-0.3, -0.25) is 4.79 Å². The van der Waals surface area contributed by atoms with Crippen molar-refractivity contribution in [2.45, 2.75) is 19.5 Å². The van der Waals surface area contributed by atoms with E-state index in [4.69, 9.17) is 13.9 Å². The van der Waals surface area contributed by atoms with Crippen LogP contribution in [0, 0.1) is 0 Å². The SMILES string of the molecule is COc1cccc(Cn2c(C(=O)N3CCN(C(=O)Nc4ccccc4OC)[C@H](C)C3)cc3ccoc32)c1. The summed E-state index contributed by atoms with van der Waals surface area (Å²) >= 11 is 0. The largest absolute Gasteiger partial charge is 0.497 e. The first kappa shape index (κ1) is 24.3. The molecular weight excluding hydrogens is 472 g/mol. The lowest BCUT2D eigenvalue weighted by Crippen LogP contribution is -2.56. The van der Waals surface area contributed by atoms with Crippen molar-refractivity contribution >= 4 is 28.7 Å². The second kappa shape index (κ2) is 10.3. The number of furan rings is 1.